The summed E-state index contributed by atoms with van der Waals surface area (Å²) in [5.41, 5.74) is 0.802. The first-order chi connectivity index (χ1) is 10.5. The highest BCUT2D eigenvalue weighted by Gasteiger charge is 2.25. The molecule has 1 heterocycles. The van der Waals surface area contributed by atoms with E-state index in [1.807, 2.05) is 0 Å². The zero-order valence-electron chi connectivity index (χ0n) is 12.7. The fourth-order valence-corrected chi connectivity index (χ4v) is 2.54. The van der Waals surface area contributed by atoms with Gasteiger partial charge in [0, 0.05) is 32.6 Å². The molecule has 0 bridgehead atoms. The maximum atomic E-state index is 13.1. The van der Waals surface area contributed by atoms with Crippen molar-refractivity contribution in [3.05, 3.63) is 35.6 Å². The largest absolute Gasteiger partial charge is 0.384 e. The third kappa shape index (κ3) is 4.27. The Kier molecular flexibility index (Phi) is 5.49. The number of halogens is 1. The molecule has 1 atom stereocenters. The SMILES string of the molecule is CC(O)C(=O)N1CCN(C(=O)CCc2cccc(F)c2)CC1. The summed E-state index contributed by atoms with van der Waals surface area (Å²) >= 11 is 0. The molecule has 1 saturated heterocycles. The number of aryl methyl sites for hydroxylation is 1. The number of aliphatic hydroxyl groups is 1. The first-order valence-electron chi connectivity index (χ1n) is 7.46. The Labute approximate surface area is 129 Å². The van der Waals surface area contributed by atoms with Gasteiger partial charge in [0.1, 0.15) is 11.9 Å². The van der Waals surface area contributed by atoms with Crippen molar-refractivity contribution in [3.8, 4) is 0 Å². The van der Waals surface area contributed by atoms with Crippen molar-refractivity contribution in [1.82, 2.24) is 9.80 Å². The molecule has 120 valence electrons. The topological polar surface area (TPSA) is 60.9 Å². The average molecular weight is 308 g/mol. The summed E-state index contributed by atoms with van der Waals surface area (Å²) in [7, 11) is 0. The summed E-state index contributed by atoms with van der Waals surface area (Å²) < 4.78 is 13.1. The van der Waals surface area contributed by atoms with E-state index in [4.69, 9.17) is 0 Å². The maximum absolute atomic E-state index is 13.1. The first kappa shape index (κ1) is 16.4. The van der Waals surface area contributed by atoms with Gasteiger partial charge in [-0.15, -0.1) is 0 Å². The van der Waals surface area contributed by atoms with Gasteiger partial charge in [0.25, 0.3) is 5.91 Å². The fraction of sp³-hybridized carbons (Fsp3) is 0.500. The van der Waals surface area contributed by atoms with Crippen LogP contribution in [-0.2, 0) is 16.0 Å². The van der Waals surface area contributed by atoms with Gasteiger partial charge in [0.2, 0.25) is 5.91 Å². The Morgan fingerprint density at radius 3 is 2.45 bits per heavy atom. The van der Waals surface area contributed by atoms with Crippen LogP contribution in [0.5, 0.6) is 0 Å². The number of benzene rings is 1. The second-order valence-corrected chi connectivity index (χ2v) is 5.51. The number of amides is 2. The Bertz CT molecular complexity index is 540. The highest BCUT2D eigenvalue weighted by molar-refractivity contribution is 5.81. The minimum Gasteiger partial charge on any atom is -0.384 e. The minimum atomic E-state index is -1.00. The van der Waals surface area contributed by atoms with Gasteiger partial charge in [0.05, 0.1) is 0 Å². The molecule has 0 saturated carbocycles. The highest BCUT2D eigenvalue weighted by Crippen LogP contribution is 2.10. The summed E-state index contributed by atoms with van der Waals surface area (Å²) in [5, 5.41) is 9.28. The van der Waals surface area contributed by atoms with Crippen molar-refractivity contribution < 1.29 is 19.1 Å². The summed E-state index contributed by atoms with van der Waals surface area (Å²) in [6, 6.07) is 6.25. The fourth-order valence-electron chi connectivity index (χ4n) is 2.54. The van der Waals surface area contributed by atoms with Crippen molar-refractivity contribution in [3.63, 3.8) is 0 Å². The lowest BCUT2D eigenvalue weighted by Crippen LogP contribution is -2.52. The van der Waals surface area contributed by atoms with E-state index in [0.717, 1.165) is 5.56 Å². The number of rotatable bonds is 4. The van der Waals surface area contributed by atoms with Crippen LogP contribution in [0.4, 0.5) is 4.39 Å². The van der Waals surface area contributed by atoms with Crippen LogP contribution in [0.2, 0.25) is 0 Å². The molecule has 1 aliphatic heterocycles. The molecule has 1 fully saturated rings. The van der Waals surface area contributed by atoms with Crippen molar-refractivity contribution in [2.45, 2.75) is 25.9 Å². The lowest BCUT2D eigenvalue weighted by atomic mass is 10.1. The molecule has 1 N–H and O–H groups in total. The second kappa shape index (κ2) is 7.35. The molecule has 6 heteroatoms. The number of hydrogen-bond donors (Lipinski definition) is 1. The van der Waals surface area contributed by atoms with Crippen LogP contribution in [0.1, 0.15) is 18.9 Å². The van der Waals surface area contributed by atoms with Crippen LogP contribution in [0.15, 0.2) is 24.3 Å². The summed E-state index contributed by atoms with van der Waals surface area (Å²) in [4.78, 5) is 27.1. The smallest absolute Gasteiger partial charge is 0.251 e. The number of carbonyl (C=O) groups excluding carboxylic acids is 2. The van der Waals surface area contributed by atoms with Gasteiger partial charge < -0.3 is 14.9 Å². The van der Waals surface area contributed by atoms with E-state index >= 15 is 0 Å². The van der Waals surface area contributed by atoms with Crippen molar-refractivity contribution in [2.24, 2.45) is 0 Å². The zero-order chi connectivity index (χ0) is 16.1. The van der Waals surface area contributed by atoms with E-state index in [9.17, 15) is 19.1 Å². The highest BCUT2D eigenvalue weighted by atomic mass is 19.1. The Morgan fingerprint density at radius 2 is 1.86 bits per heavy atom. The molecular formula is C16H21FN2O3. The molecule has 1 aromatic carbocycles. The van der Waals surface area contributed by atoms with Crippen molar-refractivity contribution in [1.29, 1.82) is 0 Å². The van der Waals surface area contributed by atoms with Crippen molar-refractivity contribution >= 4 is 11.8 Å². The predicted octanol–water partition coefficient (Wildman–Crippen LogP) is 0.810. The molecule has 1 unspecified atom stereocenters. The molecule has 22 heavy (non-hydrogen) atoms. The van der Waals surface area contributed by atoms with Gasteiger partial charge in [-0.2, -0.15) is 0 Å². The molecular weight excluding hydrogens is 287 g/mol. The minimum absolute atomic E-state index is 0.00778. The normalized spacial score (nSPS) is 16.5. The first-order valence-corrected chi connectivity index (χ1v) is 7.46. The number of hydrogen-bond acceptors (Lipinski definition) is 3. The monoisotopic (exact) mass is 308 g/mol. The third-order valence-corrected chi connectivity index (χ3v) is 3.82. The molecule has 0 aromatic heterocycles. The molecule has 2 rings (SSSR count). The van der Waals surface area contributed by atoms with E-state index in [1.165, 1.54) is 19.1 Å². The maximum Gasteiger partial charge on any atom is 0.251 e. The van der Waals surface area contributed by atoms with Gasteiger partial charge >= 0.3 is 0 Å². The van der Waals surface area contributed by atoms with Gasteiger partial charge in [-0.25, -0.2) is 4.39 Å². The van der Waals surface area contributed by atoms with Crippen LogP contribution in [-0.4, -0.2) is 59.0 Å². The molecule has 2 amide bonds. The van der Waals surface area contributed by atoms with E-state index in [0.29, 0.717) is 39.0 Å². The van der Waals surface area contributed by atoms with Crippen molar-refractivity contribution in [2.75, 3.05) is 26.2 Å². The number of aliphatic hydroxyl groups excluding tert-OH is 1. The van der Waals surface area contributed by atoms with Gasteiger partial charge in [0.15, 0.2) is 0 Å². The summed E-state index contributed by atoms with van der Waals surface area (Å²) in [5.74, 6) is -0.588. The van der Waals surface area contributed by atoms with E-state index in [2.05, 4.69) is 0 Å². The number of carbonyl (C=O) groups is 2. The molecule has 1 aliphatic rings. The van der Waals surface area contributed by atoms with Gasteiger partial charge in [-0.05, 0) is 31.0 Å². The van der Waals surface area contributed by atoms with Crippen LogP contribution in [0.3, 0.4) is 0 Å². The molecule has 5 nitrogen and oxygen atoms in total. The van der Waals surface area contributed by atoms with Crippen LogP contribution in [0, 0.1) is 5.82 Å². The molecule has 0 aliphatic carbocycles. The Morgan fingerprint density at radius 1 is 1.23 bits per heavy atom. The average Bonchev–Trinajstić information content (AvgIpc) is 2.52. The Hall–Kier alpha value is -1.95. The zero-order valence-corrected chi connectivity index (χ0v) is 12.7. The molecule has 0 radical (unpaired) electrons. The molecule has 0 spiro atoms. The number of nitrogens with zero attached hydrogens (tertiary/aromatic N) is 2. The summed E-state index contributed by atoms with van der Waals surface area (Å²) in [6.07, 6.45) is -0.174. The third-order valence-electron chi connectivity index (χ3n) is 3.82. The molecule has 1 aromatic rings. The van der Waals surface area contributed by atoms with Crippen LogP contribution in [0.25, 0.3) is 0 Å². The predicted molar refractivity (Wildman–Crippen MR) is 79.6 cm³/mol. The van der Waals surface area contributed by atoms with E-state index in [-0.39, 0.29) is 17.6 Å². The van der Waals surface area contributed by atoms with E-state index < -0.39 is 6.10 Å². The summed E-state index contributed by atoms with van der Waals surface area (Å²) in [6.45, 7) is 3.27. The van der Waals surface area contributed by atoms with Crippen LogP contribution < -0.4 is 0 Å². The second-order valence-electron chi connectivity index (χ2n) is 5.51. The lowest BCUT2D eigenvalue weighted by Gasteiger charge is -2.35. The van der Waals surface area contributed by atoms with E-state index in [1.54, 1.807) is 21.9 Å². The standard InChI is InChI=1S/C16H21FN2O3/c1-12(20)16(22)19-9-7-18(8-10-19)15(21)6-5-13-3-2-4-14(17)11-13/h2-4,11-12,20H,5-10H2,1H3. The van der Waals surface area contributed by atoms with Crippen LogP contribution >= 0.6 is 0 Å². The van der Waals surface area contributed by atoms with Gasteiger partial charge in [-0.1, -0.05) is 12.1 Å². The lowest BCUT2D eigenvalue weighted by molar-refractivity contribution is -0.144. The number of piperazine rings is 1. The quantitative estimate of drug-likeness (QED) is 0.895. The Balaban J connectivity index is 1.79. The van der Waals surface area contributed by atoms with Gasteiger partial charge in [-0.3, -0.25) is 9.59 Å².